The molecule has 16 heteroatoms. The molecule has 7 saturated carbocycles. The summed E-state index contributed by atoms with van der Waals surface area (Å²) >= 11 is 0. The van der Waals surface area contributed by atoms with E-state index in [2.05, 4.69) is 0 Å². The van der Waals surface area contributed by atoms with E-state index in [4.69, 9.17) is 0 Å². The SMILES string of the molecule is C.C.C.C.C.C.C.C.C.C.C.C.C.C.C.C.C.C.C.C.C.C.C.C.C.C.C.C.C.C.C.C.C.C.C.C.C.C.C.C.C1CCC1.C1CCC1.C1CCC1.C1CCC1.C1CCC1.C1CCC1.C1CCC1.[W].[W].[W].[W].[W].[W].[W].[W].[W].[W].[W].[W].[W].[W].[W].[W]. The minimum atomic E-state index is 0. The molecule has 0 amide bonds. The minimum absolute atomic E-state index is 0. The van der Waals surface area contributed by atoms with Gasteiger partial charge in [0.1, 0.15) is 0 Å². The molecule has 7 rings (SSSR count). The second kappa shape index (κ2) is 534. The molecule has 0 saturated heterocycles. The van der Waals surface area contributed by atoms with Gasteiger partial charge in [0.05, 0.1) is 0 Å². The van der Waals surface area contributed by atoms with Crippen LogP contribution >= 0.6 is 0 Å². The summed E-state index contributed by atoms with van der Waals surface area (Å²) in [7, 11) is 0. The second-order valence-electron chi connectivity index (χ2n) is 9.90. The summed E-state index contributed by atoms with van der Waals surface area (Å²) in [6, 6.07) is 0. The molecule has 7 fully saturated rings. The monoisotopic (exact) mass is 3980 g/mol. The number of rotatable bonds is 0. The van der Waals surface area contributed by atoms with E-state index in [-0.39, 0.29) is 634 Å². The van der Waals surface area contributed by atoms with Gasteiger partial charge in [-0.05, 0) is 0 Å². The molecule has 7 aliphatic carbocycles. The molecular weight excluding hydrogens is 3760 g/mol. The fourth-order valence-corrected chi connectivity index (χ4v) is 1.75. The van der Waals surface area contributed by atoms with Gasteiger partial charge in [-0.2, -0.15) is 0 Å². The van der Waals surface area contributed by atoms with E-state index in [9.17, 15) is 0 Å². The fraction of sp³-hybridized carbons (Fsp3) is 1.00. The fourth-order valence-electron chi connectivity index (χ4n) is 1.75. The van der Waals surface area contributed by atoms with Crippen LogP contribution in [0.15, 0.2) is 0 Å². The summed E-state index contributed by atoms with van der Waals surface area (Å²) in [6.07, 6.45) is 42.0. The van der Waals surface area contributed by atoms with Gasteiger partial charge in [-0.25, -0.2) is 0 Å². The minimum Gasteiger partial charge on any atom is -0.0776 e. The van der Waals surface area contributed by atoms with Crippen molar-refractivity contribution in [1.82, 2.24) is 0 Å². The zero-order chi connectivity index (χ0) is 19.8. The summed E-state index contributed by atoms with van der Waals surface area (Å²) in [4.78, 5) is 0. The van der Waals surface area contributed by atoms with Gasteiger partial charge < -0.3 is 0 Å². The molecule has 0 atom stereocenters. The Bertz CT molecular complexity index is 194. The summed E-state index contributed by atoms with van der Waals surface area (Å²) in [5.74, 6) is 0. The maximum atomic E-state index is 1.50. The van der Waals surface area contributed by atoms with Crippen molar-refractivity contribution in [2.45, 2.75) is 477 Å². The molecule has 0 radical (unpaired) electrons. The van der Waals surface area contributed by atoms with Gasteiger partial charge in [-0.15, -0.1) is 0 Å². The predicted octanol–water partition coefficient (Wildman–Crippen LogP) is 36.3. The summed E-state index contributed by atoms with van der Waals surface area (Å²) < 4.78 is 0. The molecule has 584 valence electrons. The van der Waals surface area contributed by atoms with Gasteiger partial charge >= 0.3 is 0 Å². The van der Waals surface area contributed by atoms with Crippen molar-refractivity contribution < 1.29 is 337 Å². The molecule has 0 aliphatic heterocycles. The van der Waals surface area contributed by atoms with Crippen molar-refractivity contribution in [1.29, 1.82) is 0 Å². The predicted molar refractivity (Wildman–Crippen MR) is 399 cm³/mol. The van der Waals surface area contributed by atoms with Gasteiger partial charge in [0, 0.05) is 337 Å². The molecule has 0 heterocycles. The average molecular weight is 3980 g/mol. The van der Waals surface area contributed by atoms with Crippen molar-refractivity contribution in [2.24, 2.45) is 0 Å². The maximum Gasteiger partial charge on any atom is 0 e. The first-order chi connectivity index (χ1) is 14.0. The Labute approximate surface area is 801 Å². The van der Waals surface area contributed by atoms with Crippen molar-refractivity contribution in [2.75, 3.05) is 0 Å². The zero-order valence-corrected chi connectivity index (χ0v) is 73.3. The third kappa shape index (κ3) is 517. The molecule has 0 spiro atoms. The largest absolute Gasteiger partial charge is 0.0776 e. The molecular formula is C68H216W16. The number of hydrogen-bond donors (Lipinski definition) is 0. The first-order valence-corrected chi connectivity index (χ1v) is 14.0. The Balaban J connectivity index is -0.00000000181. The van der Waals surface area contributed by atoms with E-state index in [1.807, 2.05) is 0 Å². The van der Waals surface area contributed by atoms with E-state index < -0.39 is 0 Å². The van der Waals surface area contributed by atoms with Crippen LogP contribution in [0, 0.1) is 0 Å². The summed E-state index contributed by atoms with van der Waals surface area (Å²) in [6.45, 7) is 0. The van der Waals surface area contributed by atoms with Crippen molar-refractivity contribution >= 4 is 0 Å². The van der Waals surface area contributed by atoms with E-state index in [0.29, 0.717) is 0 Å². The van der Waals surface area contributed by atoms with Crippen LogP contribution in [0.3, 0.4) is 0 Å². The Morgan fingerprint density at radius 1 is 0.0476 bits per heavy atom. The zero-order valence-electron chi connectivity index (χ0n) is 26.3. The first-order valence-electron chi connectivity index (χ1n) is 14.0. The third-order valence-electron chi connectivity index (χ3n) is 7.00. The molecule has 0 N–H and O–H groups in total. The average Bonchev–Trinajstić information content (AvgIpc) is 2.06. The van der Waals surface area contributed by atoms with Crippen LogP contribution in [0.2, 0.25) is 0 Å². The van der Waals surface area contributed by atoms with Gasteiger partial charge in [0.25, 0.3) is 0 Å². The summed E-state index contributed by atoms with van der Waals surface area (Å²) in [5, 5.41) is 0. The Morgan fingerprint density at radius 2 is 0.0595 bits per heavy atom. The van der Waals surface area contributed by atoms with Crippen LogP contribution in [-0.4, -0.2) is 0 Å². The van der Waals surface area contributed by atoms with Gasteiger partial charge in [0.15, 0.2) is 0 Å². The molecule has 0 nitrogen and oxygen atoms in total. The molecule has 84 heavy (non-hydrogen) atoms. The summed E-state index contributed by atoms with van der Waals surface area (Å²) in [5.41, 5.74) is 0. The smallest absolute Gasteiger partial charge is 0 e. The van der Waals surface area contributed by atoms with Crippen molar-refractivity contribution in [3.63, 3.8) is 0 Å². The first kappa shape index (κ1) is 552. The van der Waals surface area contributed by atoms with Gasteiger partial charge in [-0.1, -0.05) is 477 Å². The second-order valence-corrected chi connectivity index (χ2v) is 9.90. The quantitative estimate of drug-likeness (QED) is 0.227. The molecule has 0 unspecified atom stereocenters. The van der Waals surface area contributed by atoms with Crippen molar-refractivity contribution in [3.8, 4) is 0 Å². The van der Waals surface area contributed by atoms with Gasteiger partial charge in [0.2, 0.25) is 0 Å². The standard InChI is InChI=1S/7C4H8.40CH4.16W/c7*1-2-4-3-1;;;;;;;;;;;;;;;;;;;;;;;;;;;;;;;;;;;;;;;;;;;;;;;;;;;;;;;;/h7*1-4H2;40*1H4;;;;;;;;;;;;;;;;. The van der Waals surface area contributed by atoms with Crippen LogP contribution in [0.1, 0.15) is 477 Å². The molecule has 0 aromatic carbocycles. The topological polar surface area (TPSA) is 0 Å². The van der Waals surface area contributed by atoms with E-state index in [0.717, 1.165) is 0 Å². The molecule has 0 aromatic rings. The molecule has 0 bridgehead atoms. The Hall–Kier alpha value is 11.0. The van der Waals surface area contributed by atoms with Crippen LogP contribution in [0.25, 0.3) is 0 Å². The van der Waals surface area contributed by atoms with Crippen LogP contribution in [0.4, 0.5) is 0 Å². The maximum absolute atomic E-state index is 1.50. The van der Waals surface area contributed by atoms with E-state index >= 15 is 0 Å². The van der Waals surface area contributed by atoms with E-state index in [1.54, 1.807) is 0 Å². The Morgan fingerprint density at radius 3 is 0.0595 bits per heavy atom. The van der Waals surface area contributed by atoms with E-state index in [1.165, 1.54) is 180 Å². The number of hydrogen-bond acceptors (Lipinski definition) is 0. The van der Waals surface area contributed by atoms with Crippen molar-refractivity contribution in [3.05, 3.63) is 0 Å². The normalized spacial score (nSPS) is 8.00. The van der Waals surface area contributed by atoms with Crippen LogP contribution in [0.5, 0.6) is 0 Å². The Kier molecular flexibility index (Phi) is 3510. The van der Waals surface area contributed by atoms with Gasteiger partial charge in [-0.3, -0.25) is 0 Å². The molecule has 7 aliphatic rings. The third-order valence-corrected chi connectivity index (χ3v) is 7.00. The van der Waals surface area contributed by atoms with Crippen LogP contribution < -0.4 is 0 Å². The molecule has 0 aromatic heterocycles. The van der Waals surface area contributed by atoms with Crippen LogP contribution in [-0.2, 0) is 337 Å².